The summed E-state index contributed by atoms with van der Waals surface area (Å²) in [5, 5.41) is -0.0706. The van der Waals surface area contributed by atoms with Gasteiger partial charge in [0.1, 0.15) is 5.69 Å². The Hall–Kier alpha value is -1.39. The van der Waals surface area contributed by atoms with Crippen molar-refractivity contribution in [1.82, 2.24) is 9.97 Å². The molecule has 148 valence electrons. The van der Waals surface area contributed by atoms with E-state index in [1.54, 1.807) is 0 Å². The molecule has 0 spiro atoms. The van der Waals surface area contributed by atoms with Crippen LogP contribution < -0.4 is 0 Å². The van der Waals surface area contributed by atoms with E-state index in [9.17, 15) is 18.0 Å². The average molecular weight is 451 g/mol. The fourth-order valence-corrected chi connectivity index (χ4v) is 4.30. The maximum absolute atomic E-state index is 13.4. The zero-order chi connectivity index (χ0) is 20.1. The van der Waals surface area contributed by atoms with E-state index >= 15 is 0 Å². The highest BCUT2D eigenvalue weighted by Gasteiger charge is 2.44. The maximum atomic E-state index is 13.4. The smallest absolute Gasteiger partial charge is 0.343 e. The van der Waals surface area contributed by atoms with Gasteiger partial charge in [0.2, 0.25) is 6.29 Å². The van der Waals surface area contributed by atoms with E-state index in [0.29, 0.717) is 5.56 Å². The van der Waals surface area contributed by atoms with Gasteiger partial charge in [0.15, 0.2) is 10.9 Å². The first-order valence-corrected chi connectivity index (χ1v) is 9.72. The Morgan fingerprint density at radius 2 is 1.93 bits per heavy atom. The van der Waals surface area contributed by atoms with Gasteiger partial charge in [0, 0.05) is 17.2 Å². The summed E-state index contributed by atoms with van der Waals surface area (Å²) in [4.78, 5) is 19.8. The molecule has 11 heteroatoms. The number of hydrogen-bond donors (Lipinski definition) is 0. The number of ether oxygens (including phenoxy) is 2. The first kappa shape index (κ1) is 19.9. The Labute approximate surface area is 171 Å². The van der Waals surface area contributed by atoms with Crippen LogP contribution in [-0.2, 0) is 20.4 Å². The summed E-state index contributed by atoms with van der Waals surface area (Å²) in [6.45, 7) is 0.201. The van der Waals surface area contributed by atoms with Crippen LogP contribution in [0.2, 0.25) is 10.0 Å². The lowest BCUT2D eigenvalue weighted by atomic mass is 10.1. The first-order valence-electron chi connectivity index (χ1n) is 8.09. The Morgan fingerprint density at radius 3 is 2.64 bits per heavy atom. The van der Waals surface area contributed by atoms with Crippen molar-refractivity contribution in [3.8, 4) is 11.3 Å². The minimum absolute atomic E-state index is 0.0481. The molecule has 0 radical (unpaired) electrons. The van der Waals surface area contributed by atoms with E-state index < -0.39 is 29.5 Å². The van der Waals surface area contributed by atoms with Crippen molar-refractivity contribution in [2.24, 2.45) is 0 Å². The highest BCUT2D eigenvalue weighted by atomic mass is 35.5. The minimum Gasteiger partial charge on any atom is -0.343 e. The van der Waals surface area contributed by atoms with Crippen LogP contribution in [-0.4, -0.2) is 40.0 Å². The molecule has 0 aliphatic carbocycles. The fraction of sp³-hybridized carbons (Fsp3) is 0.353. The summed E-state index contributed by atoms with van der Waals surface area (Å²) in [7, 11) is 0. The number of halogens is 5. The molecule has 0 saturated carbocycles. The quantitative estimate of drug-likeness (QED) is 0.634. The minimum atomic E-state index is -4.66. The second-order valence-corrected chi connectivity index (χ2v) is 8.23. The third-order valence-electron chi connectivity index (χ3n) is 4.26. The molecule has 3 heterocycles. The molecule has 1 aromatic heterocycles. The average Bonchev–Trinajstić information content (AvgIpc) is 3.07. The lowest BCUT2D eigenvalue weighted by Crippen LogP contribution is -2.37. The van der Waals surface area contributed by atoms with Crippen molar-refractivity contribution in [3.05, 3.63) is 40.0 Å². The molecule has 0 amide bonds. The maximum Gasteiger partial charge on any atom is 0.433 e. The number of rotatable bonds is 3. The zero-order valence-electron chi connectivity index (χ0n) is 13.9. The molecule has 2 fully saturated rings. The number of hydrogen-bond acceptors (Lipinski definition) is 6. The van der Waals surface area contributed by atoms with Gasteiger partial charge < -0.3 is 9.47 Å². The van der Waals surface area contributed by atoms with Gasteiger partial charge in [-0.2, -0.15) is 13.2 Å². The number of thioether (sulfide) groups is 1. The van der Waals surface area contributed by atoms with E-state index in [-0.39, 0.29) is 39.7 Å². The van der Waals surface area contributed by atoms with Crippen LogP contribution in [0.1, 0.15) is 12.1 Å². The highest BCUT2D eigenvalue weighted by Crippen LogP contribution is 2.38. The molecular weight excluding hydrogens is 440 g/mol. The SMILES string of the molecule is O=C1C[C@@H](Sc2nc(-c3ccc(Cl)c(Cl)c3)cc(C(F)(F)F)n2)[C@H]2CO[C@@H]1O2. The number of carbonyl (C=O) groups excluding carboxylic acids is 1. The Morgan fingerprint density at radius 1 is 1.14 bits per heavy atom. The number of ketones is 1. The van der Waals surface area contributed by atoms with E-state index in [0.717, 1.165) is 17.8 Å². The molecule has 28 heavy (non-hydrogen) atoms. The van der Waals surface area contributed by atoms with E-state index in [4.69, 9.17) is 32.7 Å². The lowest BCUT2D eigenvalue weighted by molar-refractivity contribution is -0.151. The topological polar surface area (TPSA) is 61.3 Å². The number of aromatic nitrogens is 2. The number of carbonyl (C=O) groups is 1. The normalized spacial score (nSPS) is 24.6. The van der Waals surface area contributed by atoms with Crippen molar-refractivity contribution in [2.45, 2.75) is 35.4 Å². The van der Waals surface area contributed by atoms with Crippen molar-refractivity contribution in [2.75, 3.05) is 6.61 Å². The Balaban J connectivity index is 1.70. The zero-order valence-corrected chi connectivity index (χ0v) is 16.2. The molecule has 5 nitrogen and oxygen atoms in total. The van der Waals surface area contributed by atoms with Crippen molar-refractivity contribution in [3.63, 3.8) is 0 Å². The van der Waals surface area contributed by atoms with Crippen molar-refractivity contribution in [1.29, 1.82) is 0 Å². The van der Waals surface area contributed by atoms with Gasteiger partial charge in [0.05, 0.1) is 28.5 Å². The van der Waals surface area contributed by atoms with E-state index in [1.807, 2.05) is 0 Å². The van der Waals surface area contributed by atoms with Gasteiger partial charge >= 0.3 is 6.18 Å². The van der Waals surface area contributed by atoms with E-state index in [2.05, 4.69) is 9.97 Å². The van der Waals surface area contributed by atoms with Crippen LogP contribution in [0.3, 0.4) is 0 Å². The highest BCUT2D eigenvalue weighted by molar-refractivity contribution is 7.99. The second-order valence-electron chi connectivity index (χ2n) is 6.21. The van der Waals surface area contributed by atoms with Crippen LogP contribution in [0, 0.1) is 0 Å². The van der Waals surface area contributed by atoms with Gasteiger partial charge in [-0.1, -0.05) is 41.0 Å². The number of alkyl halides is 3. The molecule has 0 unspecified atom stereocenters. The van der Waals surface area contributed by atoms with Gasteiger partial charge in [0.25, 0.3) is 0 Å². The summed E-state index contributed by atoms with van der Waals surface area (Å²) in [5.74, 6) is -0.247. The molecule has 4 rings (SSSR count). The van der Waals surface area contributed by atoms with E-state index in [1.165, 1.54) is 18.2 Å². The monoisotopic (exact) mass is 450 g/mol. The predicted octanol–water partition coefficient (Wildman–Crippen LogP) is 4.64. The van der Waals surface area contributed by atoms with Crippen LogP contribution in [0.5, 0.6) is 0 Å². The second kappa shape index (κ2) is 7.46. The number of Topliss-reactive ketones (excluding diaryl/α,β-unsaturated/α-hetero) is 1. The van der Waals surface area contributed by atoms with Crippen LogP contribution >= 0.6 is 35.0 Å². The van der Waals surface area contributed by atoms with Crippen molar-refractivity contribution < 1.29 is 27.4 Å². The number of fused-ring (bicyclic) bond motifs is 2. The summed E-state index contributed by atoms with van der Waals surface area (Å²) in [5.41, 5.74) is -0.675. The standard InChI is InChI=1S/C17H11Cl2F3N2O3S/c18-8-2-1-7(3-9(8)19)10-4-14(17(20,21)22)24-16(23-10)28-13-5-11(25)15-26-6-12(13)27-15/h1-4,12-13,15H,5-6H2/t12-,13-,15-/m1/s1. The molecule has 2 bridgehead atoms. The summed E-state index contributed by atoms with van der Waals surface area (Å²) in [6, 6.07) is 5.28. The molecule has 0 N–H and O–H groups in total. The van der Waals surface area contributed by atoms with Crippen molar-refractivity contribution >= 4 is 40.7 Å². The largest absolute Gasteiger partial charge is 0.433 e. The predicted molar refractivity (Wildman–Crippen MR) is 96.4 cm³/mol. The molecule has 2 aliphatic rings. The lowest BCUT2D eigenvalue weighted by Gasteiger charge is -2.25. The summed E-state index contributed by atoms with van der Waals surface area (Å²) in [6.07, 6.45) is -5.83. The summed E-state index contributed by atoms with van der Waals surface area (Å²) < 4.78 is 50.7. The summed E-state index contributed by atoms with van der Waals surface area (Å²) >= 11 is 12.8. The van der Waals surface area contributed by atoms with Crippen LogP contribution in [0.15, 0.2) is 29.4 Å². The van der Waals surface area contributed by atoms with Gasteiger partial charge in [-0.25, -0.2) is 9.97 Å². The Bertz CT molecular complexity index is 944. The Kier molecular flexibility index (Phi) is 5.30. The molecule has 3 atom stereocenters. The molecule has 1 aromatic carbocycles. The molecule has 2 aromatic rings. The third kappa shape index (κ3) is 3.99. The van der Waals surface area contributed by atoms with Gasteiger partial charge in [-0.3, -0.25) is 4.79 Å². The molecule has 2 saturated heterocycles. The number of nitrogens with zero attached hydrogens (tertiary/aromatic N) is 2. The van der Waals surface area contributed by atoms with Gasteiger partial charge in [-0.05, 0) is 18.2 Å². The van der Waals surface area contributed by atoms with Crippen LogP contribution in [0.25, 0.3) is 11.3 Å². The van der Waals surface area contributed by atoms with Crippen LogP contribution in [0.4, 0.5) is 13.2 Å². The fourth-order valence-electron chi connectivity index (χ4n) is 2.89. The molecular formula is C17H11Cl2F3N2O3S. The molecule has 2 aliphatic heterocycles. The first-order chi connectivity index (χ1) is 13.2. The number of benzene rings is 1. The van der Waals surface area contributed by atoms with Gasteiger partial charge in [-0.15, -0.1) is 0 Å². The third-order valence-corrected chi connectivity index (χ3v) is 6.16.